The molecule has 0 bridgehead atoms. The molecule has 4 nitrogen and oxygen atoms in total. The molecule has 1 aliphatic heterocycles. The fraction of sp³-hybridized carbons (Fsp3) is 0.923. The van der Waals surface area contributed by atoms with Crippen molar-refractivity contribution in [2.45, 2.75) is 58.3 Å². The zero-order valence-corrected chi connectivity index (χ0v) is 11.7. The van der Waals surface area contributed by atoms with Gasteiger partial charge in [-0.3, -0.25) is 9.69 Å². The van der Waals surface area contributed by atoms with Crippen molar-refractivity contribution in [3.8, 4) is 0 Å². The van der Waals surface area contributed by atoms with Gasteiger partial charge in [0, 0.05) is 13.2 Å². The molecule has 0 amide bonds. The van der Waals surface area contributed by atoms with Gasteiger partial charge in [-0.2, -0.15) is 0 Å². The first-order valence-corrected chi connectivity index (χ1v) is 6.34. The van der Waals surface area contributed by atoms with Crippen LogP contribution in [-0.2, 0) is 14.3 Å². The molecule has 0 saturated carbocycles. The highest BCUT2D eigenvalue weighted by Gasteiger charge is 2.27. The number of hydrogen-bond donors (Lipinski definition) is 0. The smallest absolute Gasteiger partial charge is 0.323 e. The van der Waals surface area contributed by atoms with Gasteiger partial charge in [0.05, 0.1) is 6.10 Å². The van der Waals surface area contributed by atoms with E-state index in [1.807, 2.05) is 39.6 Å². The van der Waals surface area contributed by atoms with Crippen molar-refractivity contribution in [3.63, 3.8) is 0 Å². The second kappa shape index (κ2) is 5.83. The molecule has 1 saturated heterocycles. The van der Waals surface area contributed by atoms with Crippen LogP contribution in [-0.4, -0.2) is 48.8 Å². The fourth-order valence-corrected chi connectivity index (χ4v) is 1.83. The van der Waals surface area contributed by atoms with Crippen LogP contribution >= 0.6 is 0 Å². The molecule has 17 heavy (non-hydrogen) atoms. The van der Waals surface area contributed by atoms with E-state index in [9.17, 15) is 4.79 Å². The highest BCUT2D eigenvalue weighted by molar-refractivity contribution is 5.75. The summed E-state index contributed by atoms with van der Waals surface area (Å²) in [6, 6.07) is -0.224. The summed E-state index contributed by atoms with van der Waals surface area (Å²) in [6.07, 6.45) is 2.48. The van der Waals surface area contributed by atoms with E-state index in [0.717, 1.165) is 26.0 Å². The number of esters is 1. The van der Waals surface area contributed by atoms with Gasteiger partial charge >= 0.3 is 5.97 Å². The van der Waals surface area contributed by atoms with E-state index >= 15 is 0 Å². The minimum atomic E-state index is -0.421. The second-order valence-corrected chi connectivity index (χ2v) is 5.78. The van der Waals surface area contributed by atoms with Crippen LogP contribution in [0.4, 0.5) is 0 Å². The maximum absolute atomic E-state index is 11.9. The average molecular weight is 243 g/mol. The minimum absolute atomic E-state index is 0.169. The molecule has 0 aromatic heterocycles. The van der Waals surface area contributed by atoms with Gasteiger partial charge in [-0.05, 0) is 47.6 Å². The van der Waals surface area contributed by atoms with E-state index in [2.05, 4.69) is 0 Å². The summed E-state index contributed by atoms with van der Waals surface area (Å²) in [4.78, 5) is 13.9. The van der Waals surface area contributed by atoms with E-state index < -0.39 is 5.60 Å². The Hall–Kier alpha value is -0.610. The molecule has 1 aliphatic rings. The number of rotatable bonds is 4. The highest BCUT2D eigenvalue weighted by atomic mass is 16.6. The summed E-state index contributed by atoms with van der Waals surface area (Å²) in [6.45, 7) is 9.18. The molecule has 0 N–H and O–H groups in total. The first kappa shape index (κ1) is 14.5. The molecule has 0 aliphatic carbocycles. The number of carbonyl (C=O) groups is 1. The normalized spacial score (nSPS) is 22.8. The Kier molecular flexibility index (Phi) is 4.95. The van der Waals surface area contributed by atoms with Gasteiger partial charge in [0.15, 0.2) is 0 Å². The third kappa shape index (κ3) is 5.04. The van der Waals surface area contributed by atoms with Crippen LogP contribution in [0.2, 0.25) is 0 Å². The van der Waals surface area contributed by atoms with Crippen molar-refractivity contribution in [1.82, 2.24) is 4.90 Å². The predicted molar refractivity (Wildman–Crippen MR) is 66.9 cm³/mol. The topological polar surface area (TPSA) is 38.8 Å². The van der Waals surface area contributed by atoms with Crippen molar-refractivity contribution in [2.75, 3.05) is 20.2 Å². The van der Waals surface area contributed by atoms with Crippen molar-refractivity contribution < 1.29 is 14.3 Å². The average Bonchev–Trinajstić information content (AvgIpc) is 2.66. The Morgan fingerprint density at radius 3 is 2.65 bits per heavy atom. The summed E-state index contributed by atoms with van der Waals surface area (Å²) in [5.74, 6) is -0.169. The Balaban J connectivity index is 2.39. The van der Waals surface area contributed by atoms with Gasteiger partial charge in [-0.15, -0.1) is 0 Å². The zero-order chi connectivity index (χ0) is 13.1. The quantitative estimate of drug-likeness (QED) is 0.706. The van der Waals surface area contributed by atoms with Crippen molar-refractivity contribution >= 4 is 5.97 Å². The number of ether oxygens (including phenoxy) is 2. The summed E-state index contributed by atoms with van der Waals surface area (Å²) in [7, 11) is 1.94. The second-order valence-electron chi connectivity index (χ2n) is 5.78. The predicted octanol–water partition coefficient (Wildman–Crippen LogP) is 1.83. The van der Waals surface area contributed by atoms with Gasteiger partial charge in [-0.25, -0.2) is 0 Å². The van der Waals surface area contributed by atoms with E-state index in [4.69, 9.17) is 9.47 Å². The lowest BCUT2D eigenvalue weighted by atomic mass is 10.2. The van der Waals surface area contributed by atoms with E-state index in [1.54, 1.807) is 0 Å². The molecular formula is C13H25NO3. The summed E-state index contributed by atoms with van der Waals surface area (Å²) in [5, 5.41) is 0. The third-order valence-corrected chi connectivity index (χ3v) is 2.92. The molecule has 1 rings (SSSR count). The molecule has 1 fully saturated rings. The Labute approximate surface area is 104 Å². The zero-order valence-electron chi connectivity index (χ0n) is 11.7. The Morgan fingerprint density at radius 2 is 2.18 bits per heavy atom. The molecule has 0 radical (unpaired) electrons. The Bertz CT molecular complexity index is 254. The first-order chi connectivity index (χ1) is 7.79. The summed E-state index contributed by atoms with van der Waals surface area (Å²) < 4.78 is 10.9. The third-order valence-electron chi connectivity index (χ3n) is 2.92. The number of carbonyl (C=O) groups excluding carboxylic acids is 1. The van der Waals surface area contributed by atoms with Crippen LogP contribution in [0.25, 0.3) is 0 Å². The van der Waals surface area contributed by atoms with Gasteiger partial charge in [0.25, 0.3) is 0 Å². The standard InChI is InChI=1S/C13H25NO3/c1-10(12(15)17-13(2,3)4)14(5)9-11-7-6-8-16-11/h10-11H,6-9H2,1-5H3. The molecule has 0 aromatic rings. The van der Waals surface area contributed by atoms with Crippen LogP contribution in [0.3, 0.4) is 0 Å². The monoisotopic (exact) mass is 243 g/mol. The SMILES string of the molecule is CC(C(=O)OC(C)(C)C)N(C)CC1CCCO1. The number of likely N-dealkylation sites (N-methyl/N-ethyl adjacent to an activating group) is 1. The molecule has 0 aromatic carbocycles. The van der Waals surface area contributed by atoms with Crippen LogP contribution in [0.15, 0.2) is 0 Å². The number of hydrogen-bond acceptors (Lipinski definition) is 4. The number of nitrogens with zero attached hydrogens (tertiary/aromatic N) is 1. The van der Waals surface area contributed by atoms with Crippen LogP contribution in [0, 0.1) is 0 Å². The minimum Gasteiger partial charge on any atom is -0.459 e. The first-order valence-electron chi connectivity index (χ1n) is 6.34. The van der Waals surface area contributed by atoms with Crippen LogP contribution in [0.1, 0.15) is 40.5 Å². The molecule has 2 atom stereocenters. The lowest BCUT2D eigenvalue weighted by Crippen LogP contribution is -2.43. The fourth-order valence-electron chi connectivity index (χ4n) is 1.83. The Morgan fingerprint density at radius 1 is 1.53 bits per heavy atom. The molecule has 4 heteroatoms. The molecule has 1 heterocycles. The lowest BCUT2D eigenvalue weighted by Gasteiger charge is -2.28. The van der Waals surface area contributed by atoms with Gasteiger partial charge < -0.3 is 9.47 Å². The summed E-state index contributed by atoms with van der Waals surface area (Å²) in [5.41, 5.74) is -0.421. The maximum atomic E-state index is 11.9. The lowest BCUT2D eigenvalue weighted by molar-refractivity contribution is -0.160. The maximum Gasteiger partial charge on any atom is 0.323 e. The van der Waals surface area contributed by atoms with E-state index in [0.29, 0.717) is 0 Å². The molecular weight excluding hydrogens is 218 g/mol. The van der Waals surface area contributed by atoms with E-state index in [1.165, 1.54) is 0 Å². The van der Waals surface area contributed by atoms with Gasteiger partial charge in [0.1, 0.15) is 11.6 Å². The van der Waals surface area contributed by atoms with Crippen molar-refractivity contribution in [2.24, 2.45) is 0 Å². The van der Waals surface area contributed by atoms with Crippen LogP contribution in [0.5, 0.6) is 0 Å². The summed E-state index contributed by atoms with van der Waals surface area (Å²) >= 11 is 0. The largest absolute Gasteiger partial charge is 0.459 e. The van der Waals surface area contributed by atoms with E-state index in [-0.39, 0.29) is 18.1 Å². The molecule has 100 valence electrons. The highest BCUT2D eigenvalue weighted by Crippen LogP contribution is 2.15. The molecule has 0 spiro atoms. The van der Waals surface area contributed by atoms with Crippen molar-refractivity contribution in [3.05, 3.63) is 0 Å². The van der Waals surface area contributed by atoms with Crippen LogP contribution < -0.4 is 0 Å². The van der Waals surface area contributed by atoms with Crippen molar-refractivity contribution in [1.29, 1.82) is 0 Å². The van der Waals surface area contributed by atoms with Gasteiger partial charge in [0.2, 0.25) is 0 Å². The van der Waals surface area contributed by atoms with Gasteiger partial charge in [-0.1, -0.05) is 0 Å². The molecule has 2 unspecified atom stereocenters.